The standard InChI is InChI=1S/C20H35F3O5S.Na/c1-2-3-4-5-6-7-8-9-10-11-12-13-14-15-16-19(29(25,26)27)17(20(21,22)23)28-18(19)24;/h17H,2-16H2,1H3,(H,25,26,27);/q;+1/p-1. The van der Waals surface area contributed by atoms with Crippen LogP contribution in [-0.4, -0.2) is 36.0 Å². The molecule has 0 aromatic carbocycles. The molecule has 1 aliphatic heterocycles. The van der Waals surface area contributed by atoms with Crippen LogP contribution in [0.25, 0.3) is 0 Å². The Morgan fingerprint density at radius 2 is 1.23 bits per heavy atom. The van der Waals surface area contributed by atoms with Crippen molar-refractivity contribution in [1.29, 1.82) is 0 Å². The molecule has 0 aromatic heterocycles. The molecule has 0 radical (unpaired) electrons. The number of carbonyl (C=O) groups excluding carboxylic acids is 1. The van der Waals surface area contributed by atoms with E-state index in [-0.39, 0.29) is 36.0 Å². The van der Waals surface area contributed by atoms with E-state index in [4.69, 9.17) is 0 Å². The number of ether oxygens (including phenoxy) is 1. The Balaban J connectivity index is 0.00000841. The third kappa shape index (κ3) is 8.96. The molecule has 0 bridgehead atoms. The molecule has 0 aromatic rings. The first-order valence-electron chi connectivity index (χ1n) is 10.8. The van der Waals surface area contributed by atoms with Crippen LogP contribution in [-0.2, 0) is 19.6 Å². The van der Waals surface area contributed by atoms with Gasteiger partial charge in [0.1, 0.15) is 10.1 Å². The molecule has 0 aliphatic carbocycles. The summed E-state index contributed by atoms with van der Waals surface area (Å²) in [6, 6.07) is 0. The average molecular weight is 467 g/mol. The third-order valence-corrected chi connectivity index (χ3v) is 7.12. The largest absolute Gasteiger partial charge is 1.00 e. The Morgan fingerprint density at radius 3 is 1.53 bits per heavy atom. The van der Waals surface area contributed by atoms with Crippen LogP contribution in [0.4, 0.5) is 13.2 Å². The maximum absolute atomic E-state index is 12.9. The van der Waals surface area contributed by atoms with Gasteiger partial charge in [0.25, 0.3) is 0 Å². The van der Waals surface area contributed by atoms with Gasteiger partial charge < -0.3 is 9.29 Å². The number of alkyl halides is 3. The number of carbonyl (C=O) groups is 1. The first-order chi connectivity index (χ1) is 13.6. The Bertz CT molecular complexity index is 598. The Morgan fingerprint density at radius 1 is 0.867 bits per heavy atom. The van der Waals surface area contributed by atoms with Crippen LogP contribution >= 0.6 is 0 Å². The van der Waals surface area contributed by atoms with Crippen molar-refractivity contribution in [3.63, 3.8) is 0 Å². The zero-order valence-electron chi connectivity index (χ0n) is 18.3. The Kier molecular flexibility index (Phi) is 14.4. The van der Waals surface area contributed by atoms with Crippen LogP contribution in [0.3, 0.4) is 0 Å². The number of esters is 1. The first kappa shape index (κ1) is 30.2. The maximum atomic E-state index is 12.9. The predicted octanol–water partition coefficient (Wildman–Crippen LogP) is 2.63. The zero-order valence-corrected chi connectivity index (χ0v) is 21.1. The van der Waals surface area contributed by atoms with Crippen molar-refractivity contribution in [2.24, 2.45) is 0 Å². The molecule has 5 nitrogen and oxygen atoms in total. The number of unbranched alkanes of at least 4 members (excludes halogenated alkanes) is 13. The summed E-state index contributed by atoms with van der Waals surface area (Å²) < 4.78 is 73.9. The van der Waals surface area contributed by atoms with Gasteiger partial charge in [-0.2, -0.15) is 13.2 Å². The molecule has 10 heteroatoms. The minimum atomic E-state index is -5.47. The minimum absolute atomic E-state index is 0. The third-order valence-electron chi connectivity index (χ3n) is 5.64. The van der Waals surface area contributed by atoms with E-state index in [2.05, 4.69) is 11.7 Å². The first-order valence-corrected chi connectivity index (χ1v) is 12.2. The molecule has 0 spiro atoms. The van der Waals surface area contributed by atoms with E-state index in [9.17, 15) is 30.9 Å². The summed E-state index contributed by atoms with van der Waals surface area (Å²) in [7, 11) is -5.47. The monoisotopic (exact) mass is 466 g/mol. The summed E-state index contributed by atoms with van der Waals surface area (Å²) in [5.41, 5.74) is 0. The van der Waals surface area contributed by atoms with E-state index in [0.29, 0.717) is 6.42 Å². The number of halogens is 3. The molecule has 0 amide bonds. The molecule has 30 heavy (non-hydrogen) atoms. The van der Waals surface area contributed by atoms with Gasteiger partial charge in [-0.25, -0.2) is 8.42 Å². The fraction of sp³-hybridized carbons (Fsp3) is 0.950. The van der Waals surface area contributed by atoms with Crippen LogP contribution < -0.4 is 29.6 Å². The van der Waals surface area contributed by atoms with Crippen LogP contribution in [0, 0.1) is 0 Å². The molecule has 1 saturated heterocycles. The van der Waals surface area contributed by atoms with Gasteiger partial charge in [0, 0.05) is 0 Å². The predicted molar refractivity (Wildman–Crippen MR) is 103 cm³/mol. The fourth-order valence-corrected chi connectivity index (χ4v) is 4.95. The van der Waals surface area contributed by atoms with E-state index >= 15 is 0 Å². The Hall–Kier alpha value is 0.170. The van der Waals surface area contributed by atoms with Crippen molar-refractivity contribution in [3.8, 4) is 0 Å². The van der Waals surface area contributed by atoms with Gasteiger partial charge in [-0.1, -0.05) is 96.8 Å². The number of cyclic esters (lactones) is 1. The van der Waals surface area contributed by atoms with Crippen molar-refractivity contribution in [3.05, 3.63) is 0 Å². The molecule has 1 fully saturated rings. The Labute approximate surface area is 200 Å². The molecule has 0 N–H and O–H groups in total. The molecule has 1 heterocycles. The maximum Gasteiger partial charge on any atom is 1.00 e. The second kappa shape index (κ2) is 14.3. The van der Waals surface area contributed by atoms with E-state index in [1.54, 1.807) is 0 Å². The van der Waals surface area contributed by atoms with Crippen molar-refractivity contribution >= 4 is 16.1 Å². The molecule has 172 valence electrons. The van der Waals surface area contributed by atoms with Gasteiger partial charge in [0.15, 0.2) is 0 Å². The number of hydrogen-bond donors (Lipinski definition) is 0. The van der Waals surface area contributed by atoms with Crippen molar-refractivity contribution in [1.82, 2.24) is 0 Å². The van der Waals surface area contributed by atoms with Gasteiger partial charge in [-0.05, 0) is 6.42 Å². The van der Waals surface area contributed by atoms with Crippen molar-refractivity contribution < 1.29 is 65.2 Å². The van der Waals surface area contributed by atoms with Gasteiger partial charge in [0.2, 0.25) is 10.9 Å². The quantitative estimate of drug-likeness (QED) is 0.151. The average Bonchev–Trinajstić information content (AvgIpc) is 2.60. The summed E-state index contributed by atoms with van der Waals surface area (Å²) in [6.45, 7) is 2.20. The van der Waals surface area contributed by atoms with Crippen molar-refractivity contribution in [2.45, 2.75) is 120 Å². The summed E-state index contributed by atoms with van der Waals surface area (Å²) >= 11 is 0. The smallest absolute Gasteiger partial charge is 0.747 e. The molecule has 2 unspecified atom stereocenters. The minimum Gasteiger partial charge on any atom is -0.747 e. The molecular formula is C20H34F3NaO5S. The van der Waals surface area contributed by atoms with E-state index in [1.807, 2.05) is 0 Å². The normalized spacial score (nSPS) is 21.6. The number of rotatable bonds is 16. The molecule has 2 atom stereocenters. The van der Waals surface area contributed by atoms with Crippen LogP contribution in [0.2, 0.25) is 0 Å². The summed E-state index contributed by atoms with van der Waals surface area (Å²) in [5.74, 6) is -1.58. The summed E-state index contributed by atoms with van der Waals surface area (Å²) in [4.78, 5) is 11.5. The van der Waals surface area contributed by atoms with E-state index in [1.165, 1.54) is 51.4 Å². The van der Waals surface area contributed by atoms with Crippen LogP contribution in [0.15, 0.2) is 0 Å². The second-order valence-electron chi connectivity index (χ2n) is 8.02. The topological polar surface area (TPSA) is 83.5 Å². The van der Waals surface area contributed by atoms with E-state index < -0.39 is 39.5 Å². The van der Waals surface area contributed by atoms with Gasteiger partial charge in [-0.3, -0.25) is 4.79 Å². The van der Waals surface area contributed by atoms with Gasteiger partial charge in [0.05, 0.1) is 0 Å². The number of hydrogen-bond acceptors (Lipinski definition) is 5. The molecule has 1 rings (SSSR count). The molecule has 1 aliphatic rings. The fourth-order valence-electron chi connectivity index (χ4n) is 3.86. The molecular weight excluding hydrogens is 432 g/mol. The molecule has 0 saturated carbocycles. The van der Waals surface area contributed by atoms with Crippen LogP contribution in [0.5, 0.6) is 0 Å². The summed E-state index contributed by atoms with van der Waals surface area (Å²) in [6.07, 6.45) is 5.85. The van der Waals surface area contributed by atoms with Crippen LogP contribution in [0.1, 0.15) is 103 Å². The van der Waals surface area contributed by atoms with Gasteiger partial charge >= 0.3 is 41.7 Å². The second-order valence-corrected chi connectivity index (χ2v) is 9.65. The van der Waals surface area contributed by atoms with E-state index in [0.717, 1.165) is 25.7 Å². The SMILES string of the molecule is CCCCCCCCCCCCCCCCC1(S(=O)(=O)[O-])C(=O)OC1C(F)(F)F.[Na+]. The zero-order chi connectivity index (χ0) is 22.0. The van der Waals surface area contributed by atoms with Crippen molar-refractivity contribution in [2.75, 3.05) is 0 Å². The summed E-state index contributed by atoms with van der Waals surface area (Å²) in [5, 5.41) is 0. The van der Waals surface area contributed by atoms with Gasteiger partial charge in [-0.15, -0.1) is 0 Å².